The van der Waals surface area contributed by atoms with Crippen LogP contribution in [0.2, 0.25) is 0 Å². The van der Waals surface area contributed by atoms with E-state index in [0.29, 0.717) is 0 Å². The molecule has 0 aliphatic heterocycles. The third-order valence-electron chi connectivity index (χ3n) is 0. The van der Waals surface area contributed by atoms with E-state index < -0.39 is 0 Å². The van der Waals surface area contributed by atoms with Crippen molar-refractivity contribution in [3.63, 3.8) is 0 Å². The second kappa shape index (κ2) is 45.8. The molecule has 0 saturated carbocycles. The van der Waals surface area contributed by atoms with Crippen molar-refractivity contribution in [1.82, 2.24) is 0 Å². The Balaban J connectivity index is 0. The van der Waals surface area contributed by atoms with E-state index in [2.05, 4.69) is 0 Å². The zero-order valence-electron chi connectivity index (χ0n) is 3.05. The van der Waals surface area contributed by atoms with Crippen molar-refractivity contribution in [2.75, 3.05) is 0 Å². The molecular weight excluding hydrogens is 544 g/mol. The summed E-state index contributed by atoms with van der Waals surface area (Å²) in [5.41, 5.74) is 0. The van der Waals surface area contributed by atoms with Crippen LogP contribution < -0.4 is 0 Å². The van der Waals surface area contributed by atoms with Crippen molar-refractivity contribution in [3.05, 3.63) is 0 Å². The van der Waals surface area contributed by atoms with Gasteiger partial charge in [0.05, 0.1) is 0 Å². The fourth-order valence-corrected chi connectivity index (χ4v) is 0. The van der Waals surface area contributed by atoms with E-state index >= 15 is 0 Å². The van der Waals surface area contributed by atoms with Crippen LogP contribution in [0.4, 0.5) is 0 Å². The molecule has 0 heterocycles. The molecule has 0 aliphatic rings. The standard InChI is InChI=1S/3O.2Tb.2Y/q3*-2;;;2*+3. The van der Waals surface area contributed by atoms with Crippen molar-refractivity contribution in [3.8, 4) is 0 Å². The number of hydrogen-bond donors (Lipinski definition) is 0. The topological polar surface area (TPSA) is 85.5 Å². The fraction of sp³-hybridized carbons (Fsp3) is 0. The number of rotatable bonds is 0. The Morgan fingerprint density at radius 3 is 0.429 bits per heavy atom. The van der Waals surface area contributed by atoms with Crippen LogP contribution in [0.3, 0.4) is 0 Å². The molecule has 0 aromatic rings. The van der Waals surface area contributed by atoms with Crippen LogP contribution >= 0.6 is 0 Å². The van der Waals surface area contributed by atoms with Gasteiger partial charge in [0, 0.05) is 77.2 Å². The van der Waals surface area contributed by atoms with Crippen LogP contribution in [0.1, 0.15) is 0 Å². The SMILES string of the molecule is [O-2].[O-2].[O-2].[Tb].[Tb].[Y+3].[Y+3]. The third kappa shape index (κ3) is 36.8. The molecule has 0 atom stereocenters. The van der Waals surface area contributed by atoms with E-state index in [0.717, 1.165) is 0 Å². The first-order valence-electron chi connectivity index (χ1n) is 0. The predicted octanol–water partition coefficient (Wildman–Crippen LogP) is -0.361. The molecule has 0 fully saturated rings. The van der Waals surface area contributed by atoms with Gasteiger partial charge in [-0.05, 0) is 0 Å². The molecule has 0 saturated heterocycles. The van der Waals surface area contributed by atoms with Gasteiger partial charge in [-0.15, -0.1) is 0 Å². The smallest absolute Gasteiger partial charge is 2.00 e. The van der Waals surface area contributed by atoms with Gasteiger partial charge in [-0.2, -0.15) is 0 Å². The summed E-state index contributed by atoms with van der Waals surface area (Å²) in [4.78, 5) is 0. The Hall–Kier alpha value is 4.66. The molecular formula is O3Tb2Y2. The van der Waals surface area contributed by atoms with E-state index in [9.17, 15) is 0 Å². The molecule has 0 N–H and O–H groups in total. The van der Waals surface area contributed by atoms with Crippen molar-refractivity contribution < 1.29 is 159 Å². The Morgan fingerprint density at radius 2 is 0.429 bits per heavy atom. The second-order valence-corrected chi connectivity index (χ2v) is 0. The minimum Gasteiger partial charge on any atom is -2.00 e. The van der Waals surface area contributed by atoms with Gasteiger partial charge in [-0.3, -0.25) is 0 Å². The Labute approximate surface area is 154 Å². The zero-order valence-corrected chi connectivity index (χ0v) is 13.0. The van der Waals surface area contributed by atoms with E-state index in [1.807, 2.05) is 0 Å². The van der Waals surface area contributed by atoms with E-state index in [1.165, 1.54) is 0 Å². The van der Waals surface area contributed by atoms with Gasteiger partial charge in [0.1, 0.15) is 0 Å². The molecule has 0 bridgehead atoms. The monoisotopic (exact) mass is 544 g/mol. The van der Waals surface area contributed by atoms with Gasteiger partial charge < -0.3 is 16.4 Å². The van der Waals surface area contributed by atoms with Gasteiger partial charge in [-0.1, -0.05) is 0 Å². The van der Waals surface area contributed by atoms with Crippen molar-refractivity contribution >= 4 is 0 Å². The summed E-state index contributed by atoms with van der Waals surface area (Å²) in [5.74, 6) is 0. The van der Waals surface area contributed by atoms with Gasteiger partial charge in [0.2, 0.25) is 0 Å². The second-order valence-electron chi connectivity index (χ2n) is 0. The summed E-state index contributed by atoms with van der Waals surface area (Å²) in [6, 6.07) is 0. The van der Waals surface area contributed by atoms with E-state index in [-0.39, 0.29) is 159 Å². The van der Waals surface area contributed by atoms with Crippen LogP contribution in [-0.4, -0.2) is 0 Å². The van der Waals surface area contributed by atoms with E-state index in [1.54, 1.807) is 0 Å². The maximum atomic E-state index is 0. The van der Waals surface area contributed by atoms with Crippen LogP contribution in [0.5, 0.6) is 0 Å². The van der Waals surface area contributed by atoms with Crippen LogP contribution in [0.25, 0.3) is 0 Å². The molecule has 7 heavy (non-hydrogen) atoms. The molecule has 3 nitrogen and oxygen atoms in total. The van der Waals surface area contributed by atoms with E-state index in [4.69, 9.17) is 0 Å². The Kier molecular flexibility index (Phi) is 399. The van der Waals surface area contributed by atoms with Crippen molar-refractivity contribution in [2.24, 2.45) is 0 Å². The Morgan fingerprint density at radius 1 is 0.429 bits per heavy atom. The summed E-state index contributed by atoms with van der Waals surface area (Å²) in [7, 11) is 0. The summed E-state index contributed by atoms with van der Waals surface area (Å²) >= 11 is 0. The van der Waals surface area contributed by atoms with Crippen molar-refractivity contribution in [2.45, 2.75) is 0 Å². The predicted molar refractivity (Wildman–Crippen MR) is 2.06 cm³/mol. The van der Waals surface area contributed by atoms with Gasteiger partial charge in [0.25, 0.3) is 0 Å². The minimum absolute atomic E-state index is 0. The summed E-state index contributed by atoms with van der Waals surface area (Å²) in [5, 5.41) is 0. The first-order valence-corrected chi connectivity index (χ1v) is 0. The molecule has 0 aliphatic carbocycles. The summed E-state index contributed by atoms with van der Waals surface area (Å²) < 4.78 is 0. The molecule has 0 amide bonds. The average Bonchev–Trinajstić information content (AvgIpc) is 0. The molecule has 0 aromatic heterocycles. The summed E-state index contributed by atoms with van der Waals surface area (Å²) in [6.07, 6.45) is 0. The molecule has 0 spiro atoms. The normalized spacial score (nSPS) is 0. The van der Waals surface area contributed by atoms with Crippen LogP contribution in [-0.2, 0) is 81.8 Å². The quantitative estimate of drug-likeness (QED) is 0.400. The molecule has 0 aromatic carbocycles. The van der Waals surface area contributed by atoms with Crippen LogP contribution in [0, 0.1) is 77.2 Å². The molecule has 0 unspecified atom stereocenters. The van der Waals surface area contributed by atoms with Gasteiger partial charge >= 0.3 is 65.4 Å². The van der Waals surface area contributed by atoms with Crippen LogP contribution in [0.15, 0.2) is 0 Å². The fourth-order valence-electron chi connectivity index (χ4n) is 0. The Bertz CT molecular complexity index is 10.9. The maximum Gasteiger partial charge on any atom is 3.00 e. The molecule has 0 rings (SSSR count). The average molecular weight is 544 g/mol. The molecule has 7 heteroatoms. The zero-order chi connectivity index (χ0) is 0. The minimum atomic E-state index is 0. The largest absolute Gasteiger partial charge is 3.00 e. The number of hydrogen-bond acceptors (Lipinski definition) is 0. The first kappa shape index (κ1) is 61.0. The van der Waals surface area contributed by atoms with Gasteiger partial charge in [0.15, 0.2) is 0 Å². The van der Waals surface area contributed by atoms with Crippen molar-refractivity contribution in [1.29, 1.82) is 0 Å². The third-order valence-corrected chi connectivity index (χ3v) is 0. The van der Waals surface area contributed by atoms with Gasteiger partial charge in [-0.25, -0.2) is 0 Å². The molecule has 42 valence electrons. The first-order chi connectivity index (χ1) is 0. The summed E-state index contributed by atoms with van der Waals surface area (Å²) in [6.45, 7) is 0. The maximum absolute atomic E-state index is 0. The molecule has 2 radical (unpaired) electrons.